The zero-order valence-corrected chi connectivity index (χ0v) is 15.9. The maximum Gasteiger partial charge on any atom is 0.273 e. The highest BCUT2D eigenvalue weighted by Gasteiger charge is 2.27. The highest BCUT2D eigenvalue weighted by Crippen LogP contribution is 2.33. The first-order valence-corrected chi connectivity index (χ1v) is 9.80. The molecule has 0 saturated carbocycles. The van der Waals surface area contributed by atoms with Crippen molar-refractivity contribution in [2.75, 3.05) is 6.61 Å². The van der Waals surface area contributed by atoms with Gasteiger partial charge in [0, 0.05) is 5.02 Å². The molecule has 2 aromatic carbocycles. The molecule has 0 radical (unpaired) electrons. The van der Waals surface area contributed by atoms with Crippen LogP contribution in [-0.4, -0.2) is 24.0 Å². The molecule has 7 heteroatoms. The summed E-state index contributed by atoms with van der Waals surface area (Å²) in [6.45, 7) is 5.87. The topological polar surface area (TPSA) is 61.2 Å². The number of fused-ring (bicyclic) bond motifs is 1. The number of aryl methyl sites for hydroxylation is 2. The van der Waals surface area contributed by atoms with Crippen LogP contribution in [0.3, 0.4) is 0 Å². The first kappa shape index (κ1) is 17.8. The van der Waals surface area contributed by atoms with Crippen molar-refractivity contribution in [3.05, 3.63) is 52.8 Å². The number of imidazole rings is 1. The van der Waals surface area contributed by atoms with Crippen LogP contribution in [-0.2, 0) is 10.0 Å². The Kier molecular flexibility index (Phi) is 4.75. The van der Waals surface area contributed by atoms with Gasteiger partial charge in [0.25, 0.3) is 10.0 Å². The van der Waals surface area contributed by atoms with E-state index in [1.165, 1.54) is 10.0 Å². The Bertz CT molecular complexity index is 1040. The Morgan fingerprint density at radius 1 is 1.20 bits per heavy atom. The fraction of sp³-hybridized carbons (Fsp3) is 0.278. The fourth-order valence-corrected chi connectivity index (χ4v) is 4.56. The SMILES string of the molecule is CCCOc1cc(C)c(Cl)cc1S(=O)(=O)n1c(C)nc2ccccc21. The Balaban J connectivity index is 2.26. The molecule has 25 heavy (non-hydrogen) atoms. The zero-order valence-electron chi connectivity index (χ0n) is 14.3. The number of nitrogens with zero attached hydrogens (tertiary/aromatic N) is 2. The number of rotatable bonds is 5. The van der Waals surface area contributed by atoms with Gasteiger partial charge < -0.3 is 4.74 Å². The molecule has 3 rings (SSSR count). The predicted octanol–water partition coefficient (Wildman–Crippen LogP) is 4.33. The first-order valence-electron chi connectivity index (χ1n) is 7.99. The van der Waals surface area contributed by atoms with Gasteiger partial charge in [0.1, 0.15) is 16.5 Å². The molecule has 1 heterocycles. The van der Waals surface area contributed by atoms with Gasteiger partial charge in [-0.05, 0) is 50.1 Å². The number of aromatic nitrogens is 2. The second-order valence-corrected chi connectivity index (χ2v) is 7.98. The summed E-state index contributed by atoms with van der Waals surface area (Å²) in [6.07, 6.45) is 0.772. The lowest BCUT2D eigenvalue weighted by molar-refractivity contribution is 0.309. The molecule has 0 aliphatic rings. The van der Waals surface area contributed by atoms with Crippen molar-refractivity contribution in [1.29, 1.82) is 0 Å². The van der Waals surface area contributed by atoms with Crippen LogP contribution in [0.2, 0.25) is 5.02 Å². The van der Waals surface area contributed by atoms with Crippen LogP contribution < -0.4 is 4.74 Å². The number of hydrogen-bond donors (Lipinski definition) is 0. The van der Waals surface area contributed by atoms with Gasteiger partial charge in [0.05, 0.1) is 17.6 Å². The summed E-state index contributed by atoms with van der Waals surface area (Å²) in [5.74, 6) is 0.695. The molecule has 0 aliphatic heterocycles. The summed E-state index contributed by atoms with van der Waals surface area (Å²) in [4.78, 5) is 4.39. The standard InChI is InChI=1S/C18H19ClN2O3S/c1-4-9-24-17-10-12(2)14(19)11-18(17)25(22,23)21-13(3)20-15-7-5-6-8-16(15)21/h5-8,10-11H,4,9H2,1-3H3. The molecule has 0 amide bonds. The summed E-state index contributed by atoms with van der Waals surface area (Å²) >= 11 is 6.20. The fourth-order valence-electron chi connectivity index (χ4n) is 2.69. The van der Waals surface area contributed by atoms with Gasteiger partial charge in [-0.15, -0.1) is 0 Å². The summed E-state index contributed by atoms with van der Waals surface area (Å²) in [7, 11) is -3.91. The van der Waals surface area contributed by atoms with E-state index < -0.39 is 10.0 Å². The van der Waals surface area contributed by atoms with Crippen molar-refractivity contribution >= 4 is 32.7 Å². The molecule has 0 bridgehead atoms. The van der Waals surface area contributed by atoms with Crippen molar-refractivity contribution in [2.45, 2.75) is 32.1 Å². The molecule has 0 saturated heterocycles. The molecule has 0 atom stereocenters. The van der Waals surface area contributed by atoms with Crippen molar-refractivity contribution in [3.8, 4) is 5.75 Å². The predicted molar refractivity (Wildman–Crippen MR) is 99.0 cm³/mol. The summed E-state index contributed by atoms with van der Waals surface area (Å²) < 4.78 is 33.6. The lowest BCUT2D eigenvalue weighted by Gasteiger charge is -2.15. The second kappa shape index (κ2) is 6.69. The number of halogens is 1. The van der Waals surface area contributed by atoms with Gasteiger partial charge in [-0.3, -0.25) is 0 Å². The highest BCUT2D eigenvalue weighted by atomic mass is 35.5. The smallest absolute Gasteiger partial charge is 0.273 e. The molecule has 5 nitrogen and oxygen atoms in total. The van der Waals surface area contributed by atoms with Gasteiger partial charge in [-0.2, -0.15) is 0 Å². The third-order valence-electron chi connectivity index (χ3n) is 3.88. The average molecular weight is 379 g/mol. The molecule has 0 aliphatic carbocycles. The Morgan fingerprint density at radius 2 is 1.92 bits per heavy atom. The number of para-hydroxylation sites is 2. The minimum absolute atomic E-state index is 0.0443. The maximum absolute atomic E-state index is 13.4. The van der Waals surface area contributed by atoms with Gasteiger partial charge in [-0.25, -0.2) is 17.4 Å². The quantitative estimate of drug-likeness (QED) is 0.662. The molecule has 0 fully saturated rings. The van der Waals surface area contributed by atoms with E-state index >= 15 is 0 Å². The van der Waals surface area contributed by atoms with Gasteiger partial charge in [0.15, 0.2) is 0 Å². The molecule has 132 valence electrons. The maximum atomic E-state index is 13.4. The minimum Gasteiger partial charge on any atom is -0.492 e. The van der Waals surface area contributed by atoms with Crippen LogP contribution in [0.15, 0.2) is 41.3 Å². The Morgan fingerprint density at radius 3 is 2.64 bits per heavy atom. The third-order valence-corrected chi connectivity index (χ3v) is 6.11. The molecular formula is C18H19ClN2O3S. The second-order valence-electron chi connectivity index (χ2n) is 5.81. The van der Waals surface area contributed by atoms with Crippen LogP contribution >= 0.6 is 11.6 Å². The van der Waals surface area contributed by atoms with Crippen molar-refractivity contribution < 1.29 is 13.2 Å². The first-order chi connectivity index (χ1) is 11.9. The van der Waals surface area contributed by atoms with E-state index in [-0.39, 0.29) is 4.90 Å². The lowest BCUT2D eigenvalue weighted by atomic mass is 10.2. The molecular weight excluding hydrogens is 360 g/mol. The van der Waals surface area contributed by atoms with E-state index in [1.54, 1.807) is 31.2 Å². The van der Waals surface area contributed by atoms with E-state index in [1.807, 2.05) is 19.9 Å². The zero-order chi connectivity index (χ0) is 18.2. The summed E-state index contributed by atoms with van der Waals surface area (Å²) in [5, 5.41) is 0.379. The van der Waals surface area contributed by atoms with E-state index in [2.05, 4.69) is 4.98 Å². The van der Waals surface area contributed by atoms with E-state index in [9.17, 15) is 8.42 Å². The van der Waals surface area contributed by atoms with Crippen molar-refractivity contribution in [3.63, 3.8) is 0 Å². The van der Waals surface area contributed by atoms with E-state index in [0.717, 1.165) is 12.0 Å². The highest BCUT2D eigenvalue weighted by molar-refractivity contribution is 7.90. The number of benzene rings is 2. The third kappa shape index (κ3) is 3.12. The normalized spacial score (nSPS) is 11.8. The van der Waals surface area contributed by atoms with Crippen molar-refractivity contribution in [1.82, 2.24) is 8.96 Å². The molecule has 3 aromatic rings. The minimum atomic E-state index is -3.91. The number of ether oxygens (including phenoxy) is 1. The van der Waals surface area contributed by atoms with E-state index in [4.69, 9.17) is 16.3 Å². The van der Waals surface area contributed by atoms with E-state index in [0.29, 0.717) is 34.2 Å². The monoisotopic (exact) mass is 378 g/mol. The lowest BCUT2D eigenvalue weighted by Crippen LogP contribution is -2.16. The molecule has 0 N–H and O–H groups in total. The van der Waals surface area contributed by atoms with Crippen LogP contribution in [0.25, 0.3) is 11.0 Å². The Hall–Kier alpha value is -2.05. The largest absolute Gasteiger partial charge is 0.492 e. The van der Waals surface area contributed by atoms with Crippen LogP contribution in [0.4, 0.5) is 0 Å². The molecule has 0 unspecified atom stereocenters. The van der Waals surface area contributed by atoms with Gasteiger partial charge >= 0.3 is 0 Å². The van der Waals surface area contributed by atoms with Gasteiger partial charge in [-0.1, -0.05) is 30.7 Å². The molecule has 0 spiro atoms. The van der Waals surface area contributed by atoms with Crippen LogP contribution in [0.5, 0.6) is 5.75 Å². The van der Waals surface area contributed by atoms with Gasteiger partial charge in [0.2, 0.25) is 0 Å². The summed E-state index contributed by atoms with van der Waals surface area (Å²) in [5.41, 5.74) is 1.91. The molecule has 1 aromatic heterocycles. The average Bonchev–Trinajstić information content (AvgIpc) is 2.91. The van der Waals surface area contributed by atoms with Crippen LogP contribution in [0.1, 0.15) is 24.7 Å². The summed E-state index contributed by atoms with van der Waals surface area (Å²) in [6, 6.07) is 10.2. The Labute approximate surface area is 152 Å². The van der Waals surface area contributed by atoms with Crippen LogP contribution in [0, 0.1) is 13.8 Å². The number of hydrogen-bond acceptors (Lipinski definition) is 4. The van der Waals surface area contributed by atoms with Crippen molar-refractivity contribution in [2.24, 2.45) is 0 Å².